The van der Waals surface area contributed by atoms with Crippen LogP contribution >= 0.6 is 11.8 Å². The number of thioether (sulfide) groups is 1. The lowest BCUT2D eigenvalue weighted by molar-refractivity contribution is -0.115. The van der Waals surface area contributed by atoms with Gasteiger partial charge >= 0.3 is 0 Å². The highest BCUT2D eigenvalue weighted by molar-refractivity contribution is 8.00. The molecule has 3 rings (SSSR count). The SMILES string of the molecule is C=CCn1c(S[C@H](C)C(=O)Nc2cccc(OC)c2)nnc1-c1ccc(F)cc1. The number of hydrogen-bond acceptors (Lipinski definition) is 5. The number of hydrogen-bond donors (Lipinski definition) is 1. The first-order valence-electron chi connectivity index (χ1n) is 8.93. The standard InChI is InChI=1S/C21H21FN4O2S/c1-4-12-26-19(15-8-10-16(22)11-9-15)24-25-21(26)29-14(2)20(27)23-17-6-5-7-18(13-17)28-3/h4-11,13-14H,1,12H2,2-3H3,(H,23,27)/t14-/m1/s1. The van der Waals surface area contributed by atoms with E-state index in [2.05, 4.69) is 22.1 Å². The number of carbonyl (C=O) groups is 1. The Morgan fingerprint density at radius 1 is 1.31 bits per heavy atom. The molecule has 0 unspecified atom stereocenters. The van der Waals surface area contributed by atoms with Crippen molar-refractivity contribution in [2.24, 2.45) is 0 Å². The summed E-state index contributed by atoms with van der Waals surface area (Å²) in [6.45, 7) is 6.04. The lowest BCUT2D eigenvalue weighted by Crippen LogP contribution is -2.23. The van der Waals surface area contributed by atoms with Crippen molar-refractivity contribution in [3.05, 3.63) is 67.0 Å². The minimum atomic E-state index is -0.421. The van der Waals surface area contributed by atoms with Crippen LogP contribution in [0, 0.1) is 5.82 Å². The number of methoxy groups -OCH3 is 1. The number of halogens is 1. The first-order chi connectivity index (χ1) is 14.0. The number of rotatable bonds is 8. The predicted octanol–water partition coefficient (Wildman–Crippen LogP) is 4.40. The van der Waals surface area contributed by atoms with E-state index in [0.29, 0.717) is 29.0 Å². The van der Waals surface area contributed by atoms with Crippen molar-refractivity contribution < 1.29 is 13.9 Å². The summed E-state index contributed by atoms with van der Waals surface area (Å²) in [6, 6.07) is 13.2. The zero-order valence-electron chi connectivity index (χ0n) is 16.1. The largest absolute Gasteiger partial charge is 0.497 e. The summed E-state index contributed by atoms with van der Waals surface area (Å²) < 4.78 is 20.3. The van der Waals surface area contributed by atoms with Gasteiger partial charge in [0, 0.05) is 23.9 Å². The van der Waals surface area contributed by atoms with Crippen LogP contribution in [0.3, 0.4) is 0 Å². The number of benzene rings is 2. The first kappa shape index (κ1) is 20.6. The van der Waals surface area contributed by atoms with E-state index in [1.54, 1.807) is 44.4 Å². The average molecular weight is 412 g/mol. The topological polar surface area (TPSA) is 69.0 Å². The van der Waals surface area contributed by atoms with Gasteiger partial charge in [-0.15, -0.1) is 16.8 Å². The van der Waals surface area contributed by atoms with Gasteiger partial charge in [0.25, 0.3) is 0 Å². The number of anilines is 1. The van der Waals surface area contributed by atoms with E-state index in [1.807, 2.05) is 16.7 Å². The zero-order chi connectivity index (χ0) is 20.8. The van der Waals surface area contributed by atoms with Crippen molar-refractivity contribution in [2.75, 3.05) is 12.4 Å². The molecular formula is C21H21FN4O2S. The molecule has 1 amide bonds. The fraction of sp³-hybridized carbons (Fsp3) is 0.190. The third-order valence-corrected chi connectivity index (χ3v) is 5.20. The van der Waals surface area contributed by atoms with Gasteiger partial charge in [-0.1, -0.05) is 23.9 Å². The van der Waals surface area contributed by atoms with Gasteiger partial charge in [-0.05, 0) is 43.3 Å². The number of amides is 1. The van der Waals surface area contributed by atoms with Crippen LogP contribution in [-0.2, 0) is 11.3 Å². The van der Waals surface area contributed by atoms with E-state index in [4.69, 9.17) is 4.74 Å². The van der Waals surface area contributed by atoms with Crippen LogP contribution in [0.5, 0.6) is 5.75 Å². The number of nitrogens with zero attached hydrogens (tertiary/aromatic N) is 3. The van der Waals surface area contributed by atoms with Crippen molar-refractivity contribution in [1.29, 1.82) is 0 Å². The molecule has 2 aromatic carbocycles. The molecule has 1 atom stereocenters. The molecule has 150 valence electrons. The van der Waals surface area contributed by atoms with Gasteiger partial charge in [-0.2, -0.15) is 0 Å². The molecule has 6 nitrogen and oxygen atoms in total. The number of ether oxygens (including phenoxy) is 1. The number of nitrogens with one attached hydrogen (secondary N) is 1. The van der Waals surface area contributed by atoms with Crippen LogP contribution in [-0.4, -0.2) is 33.0 Å². The monoisotopic (exact) mass is 412 g/mol. The van der Waals surface area contributed by atoms with Gasteiger partial charge in [0.2, 0.25) is 5.91 Å². The molecule has 0 aliphatic rings. The van der Waals surface area contributed by atoms with Crippen molar-refractivity contribution in [2.45, 2.75) is 23.9 Å². The van der Waals surface area contributed by atoms with E-state index in [9.17, 15) is 9.18 Å². The van der Waals surface area contributed by atoms with E-state index in [-0.39, 0.29) is 11.7 Å². The molecule has 0 aliphatic carbocycles. The van der Waals surface area contributed by atoms with E-state index in [1.165, 1.54) is 23.9 Å². The Morgan fingerprint density at radius 2 is 2.07 bits per heavy atom. The van der Waals surface area contributed by atoms with Crippen LogP contribution in [0.1, 0.15) is 6.92 Å². The Bertz CT molecular complexity index is 1000. The minimum Gasteiger partial charge on any atom is -0.497 e. The second kappa shape index (κ2) is 9.38. The van der Waals surface area contributed by atoms with Crippen molar-refractivity contribution in [3.63, 3.8) is 0 Å². The maximum atomic E-state index is 13.2. The Kier molecular flexibility index (Phi) is 6.66. The van der Waals surface area contributed by atoms with Crippen LogP contribution < -0.4 is 10.1 Å². The molecular weight excluding hydrogens is 391 g/mol. The second-order valence-electron chi connectivity index (χ2n) is 6.19. The lowest BCUT2D eigenvalue weighted by atomic mass is 10.2. The van der Waals surface area contributed by atoms with E-state index < -0.39 is 5.25 Å². The van der Waals surface area contributed by atoms with Crippen molar-refractivity contribution >= 4 is 23.4 Å². The summed E-state index contributed by atoms with van der Waals surface area (Å²) in [4.78, 5) is 12.6. The second-order valence-corrected chi connectivity index (χ2v) is 7.50. The highest BCUT2D eigenvalue weighted by Crippen LogP contribution is 2.28. The third kappa shape index (κ3) is 5.03. The predicted molar refractivity (Wildman–Crippen MR) is 113 cm³/mol. The normalized spacial score (nSPS) is 11.7. The van der Waals surface area contributed by atoms with Gasteiger partial charge in [-0.3, -0.25) is 9.36 Å². The lowest BCUT2D eigenvalue weighted by Gasteiger charge is -2.13. The molecule has 0 fully saturated rings. The molecule has 0 bridgehead atoms. The van der Waals surface area contributed by atoms with E-state index >= 15 is 0 Å². The Morgan fingerprint density at radius 3 is 2.76 bits per heavy atom. The van der Waals surface area contributed by atoms with Gasteiger partial charge in [0.05, 0.1) is 12.4 Å². The van der Waals surface area contributed by atoms with Crippen LogP contribution in [0.25, 0.3) is 11.4 Å². The average Bonchev–Trinajstić information content (AvgIpc) is 3.11. The quantitative estimate of drug-likeness (QED) is 0.439. The van der Waals surface area contributed by atoms with Crippen LogP contribution in [0.4, 0.5) is 10.1 Å². The molecule has 1 aromatic heterocycles. The molecule has 1 heterocycles. The Hall–Kier alpha value is -3.13. The fourth-order valence-electron chi connectivity index (χ4n) is 2.64. The highest BCUT2D eigenvalue weighted by atomic mass is 32.2. The van der Waals surface area contributed by atoms with Crippen molar-refractivity contribution in [3.8, 4) is 17.1 Å². The minimum absolute atomic E-state index is 0.167. The first-order valence-corrected chi connectivity index (χ1v) is 9.81. The number of carbonyl (C=O) groups excluding carboxylic acids is 1. The summed E-state index contributed by atoms with van der Waals surface area (Å²) in [5, 5.41) is 11.5. The van der Waals surface area contributed by atoms with E-state index in [0.717, 1.165) is 5.56 Å². The third-order valence-electron chi connectivity index (χ3n) is 4.12. The molecule has 1 N–H and O–H groups in total. The molecule has 0 spiro atoms. The number of aromatic nitrogens is 3. The molecule has 3 aromatic rings. The molecule has 29 heavy (non-hydrogen) atoms. The van der Waals surface area contributed by atoms with Gasteiger partial charge in [-0.25, -0.2) is 4.39 Å². The maximum absolute atomic E-state index is 13.2. The number of allylic oxidation sites excluding steroid dienone is 1. The smallest absolute Gasteiger partial charge is 0.237 e. The summed E-state index contributed by atoms with van der Waals surface area (Å²) in [6.07, 6.45) is 1.72. The maximum Gasteiger partial charge on any atom is 0.237 e. The van der Waals surface area contributed by atoms with Gasteiger partial charge in [0.15, 0.2) is 11.0 Å². The van der Waals surface area contributed by atoms with Crippen LogP contribution in [0.15, 0.2) is 66.3 Å². The summed E-state index contributed by atoms with van der Waals surface area (Å²) >= 11 is 1.29. The summed E-state index contributed by atoms with van der Waals surface area (Å²) in [7, 11) is 1.57. The summed E-state index contributed by atoms with van der Waals surface area (Å²) in [5.74, 6) is 0.770. The highest BCUT2D eigenvalue weighted by Gasteiger charge is 2.20. The molecule has 0 saturated heterocycles. The van der Waals surface area contributed by atoms with Gasteiger partial charge in [0.1, 0.15) is 11.6 Å². The molecule has 0 aliphatic heterocycles. The summed E-state index contributed by atoms with van der Waals surface area (Å²) in [5.41, 5.74) is 1.39. The van der Waals surface area contributed by atoms with Crippen molar-refractivity contribution in [1.82, 2.24) is 14.8 Å². The molecule has 0 radical (unpaired) electrons. The van der Waals surface area contributed by atoms with Crippen LogP contribution in [0.2, 0.25) is 0 Å². The molecule has 8 heteroatoms. The molecule has 0 saturated carbocycles. The van der Waals surface area contributed by atoms with Gasteiger partial charge < -0.3 is 10.1 Å². The Balaban J connectivity index is 1.77. The zero-order valence-corrected chi connectivity index (χ0v) is 16.9. The Labute approximate surface area is 172 Å². The fourth-order valence-corrected chi connectivity index (χ4v) is 3.50.